The summed E-state index contributed by atoms with van der Waals surface area (Å²) in [6.07, 6.45) is 1.45. The Hall–Kier alpha value is -2.08. The predicted molar refractivity (Wildman–Crippen MR) is 78.0 cm³/mol. The zero-order valence-corrected chi connectivity index (χ0v) is 12.1. The molecular weight excluding hydrogens is 326 g/mol. The number of rotatable bonds is 2. The number of hydrogen-bond donors (Lipinski definition) is 1. The molecule has 2 aromatic heterocycles. The molecule has 0 bridgehead atoms. The van der Waals surface area contributed by atoms with Crippen LogP contribution in [0.4, 0.5) is 0 Å². The van der Waals surface area contributed by atoms with Crippen LogP contribution in [0.5, 0.6) is 0 Å². The van der Waals surface area contributed by atoms with Crippen molar-refractivity contribution in [3.8, 4) is 0 Å². The molecule has 0 aliphatic rings. The summed E-state index contributed by atoms with van der Waals surface area (Å²) in [5, 5.41) is 0.393. The maximum absolute atomic E-state index is 12.3. The van der Waals surface area contributed by atoms with E-state index in [2.05, 4.69) is 20.9 Å². The van der Waals surface area contributed by atoms with Gasteiger partial charge in [0, 0.05) is 0 Å². The van der Waals surface area contributed by atoms with Crippen molar-refractivity contribution in [2.45, 2.75) is 6.92 Å². The number of hydrogen-bond acceptors (Lipinski definition) is 4. The minimum Gasteiger partial charge on any atom is -0.462 e. The number of benzene rings is 1. The molecule has 0 saturated heterocycles. The fraction of sp³-hybridized carbons (Fsp3) is 0.143. The first kappa shape index (κ1) is 12.9. The van der Waals surface area contributed by atoms with E-state index in [1.165, 1.54) is 12.3 Å². The normalized spacial score (nSPS) is 11.1. The zero-order valence-electron chi connectivity index (χ0n) is 10.5. The fourth-order valence-corrected chi connectivity index (χ4v) is 2.43. The molecule has 3 aromatic rings. The summed E-state index contributed by atoms with van der Waals surface area (Å²) in [5.41, 5.74) is 1.55. The first-order chi connectivity index (χ1) is 9.61. The number of aromatic amines is 1. The molecule has 1 N–H and O–H groups in total. The van der Waals surface area contributed by atoms with E-state index >= 15 is 0 Å². The van der Waals surface area contributed by atoms with Crippen molar-refractivity contribution in [2.75, 3.05) is 6.61 Å². The minimum absolute atomic E-state index is 0.227. The van der Waals surface area contributed by atoms with Crippen LogP contribution < -0.4 is 5.43 Å². The molecule has 0 atom stereocenters. The number of esters is 1. The Balaban J connectivity index is 2.29. The number of pyridine rings is 1. The lowest BCUT2D eigenvalue weighted by Gasteiger charge is -2.03. The molecule has 0 fully saturated rings. The second kappa shape index (κ2) is 4.79. The fourth-order valence-electron chi connectivity index (χ4n) is 2.06. The van der Waals surface area contributed by atoms with Crippen molar-refractivity contribution in [3.05, 3.63) is 44.7 Å². The van der Waals surface area contributed by atoms with E-state index < -0.39 is 5.97 Å². The van der Waals surface area contributed by atoms with Gasteiger partial charge in [-0.1, -0.05) is 0 Å². The van der Waals surface area contributed by atoms with Crippen LogP contribution in [0.2, 0.25) is 0 Å². The summed E-state index contributed by atoms with van der Waals surface area (Å²) in [6.45, 7) is 2.02. The van der Waals surface area contributed by atoms with E-state index in [1.54, 1.807) is 19.1 Å². The molecule has 0 aliphatic heterocycles. The number of halogens is 1. The summed E-state index contributed by atoms with van der Waals surface area (Å²) in [7, 11) is 0. The molecule has 0 radical (unpaired) electrons. The van der Waals surface area contributed by atoms with E-state index in [0.29, 0.717) is 26.5 Å². The Morgan fingerprint density at radius 3 is 3.00 bits per heavy atom. The van der Waals surface area contributed by atoms with Crippen molar-refractivity contribution in [2.24, 2.45) is 0 Å². The number of carbonyl (C=O) groups excluding carboxylic acids is 1. The van der Waals surface area contributed by atoms with E-state index in [4.69, 9.17) is 9.15 Å². The highest BCUT2D eigenvalue weighted by molar-refractivity contribution is 9.10. The second-order valence-corrected chi connectivity index (χ2v) is 5.08. The van der Waals surface area contributed by atoms with Crippen LogP contribution in [0, 0.1) is 0 Å². The third kappa shape index (κ3) is 1.92. The third-order valence-corrected chi connectivity index (χ3v) is 3.57. The zero-order chi connectivity index (χ0) is 14.3. The molecule has 0 unspecified atom stereocenters. The number of nitrogens with one attached hydrogen (secondary N) is 1. The molecule has 0 saturated carbocycles. The minimum atomic E-state index is -0.450. The number of aromatic nitrogens is 1. The molecule has 3 rings (SSSR count). The van der Waals surface area contributed by atoms with Crippen LogP contribution in [0.25, 0.3) is 22.0 Å². The average Bonchev–Trinajstić information content (AvgIpc) is 2.81. The van der Waals surface area contributed by atoms with Crippen LogP contribution in [-0.2, 0) is 4.74 Å². The van der Waals surface area contributed by atoms with Gasteiger partial charge in [-0.3, -0.25) is 4.79 Å². The first-order valence-corrected chi connectivity index (χ1v) is 6.81. The van der Waals surface area contributed by atoms with Crippen LogP contribution in [0.3, 0.4) is 0 Å². The largest absolute Gasteiger partial charge is 0.462 e. The Labute approximate surface area is 121 Å². The quantitative estimate of drug-likeness (QED) is 0.730. The summed E-state index contributed by atoms with van der Waals surface area (Å²) < 4.78 is 10.8. The highest BCUT2D eigenvalue weighted by Gasteiger charge is 2.14. The smallest absolute Gasteiger partial charge is 0.338 e. The number of furan rings is 1. The van der Waals surface area contributed by atoms with Crippen LogP contribution in [0.1, 0.15) is 17.3 Å². The maximum atomic E-state index is 12.3. The van der Waals surface area contributed by atoms with Gasteiger partial charge in [-0.25, -0.2) is 4.79 Å². The van der Waals surface area contributed by atoms with Crippen molar-refractivity contribution in [1.82, 2.24) is 4.98 Å². The lowest BCUT2D eigenvalue weighted by atomic mass is 10.1. The molecule has 5 nitrogen and oxygen atoms in total. The van der Waals surface area contributed by atoms with E-state index in [-0.39, 0.29) is 17.6 Å². The van der Waals surface area contributed by atoms with Crippen molar-refractivity contribution in [3.63, 3.8) is 0 Å². The summed E-state index contributed by atoms with van der Waals surface area (Å²) in [6, 6.07) is 4.82. The number of carbonyl (C=O) groups is 1. The standard InChI is InChI=1S/C14H10BrNO4/c1-2-19-14(18)7-3-4-10-8(5-7)12(17)13-11(16-10)9(15)6-20-13/h3-6H,2H2,1H3,(H,16,17). The van der Waals surface area contributed by atoms with Crippen molar-refractivity contribution >= 4 is 43.9 Å². The van der Waals surface area contributed by atoms with Gasteiger partial charge in [-0.15, -0.1) is 0 Å². The molecule has 0 amide bonds. The molecular formula is C14H10BrNO4. The second-order valence-electron chi connectivity index (χ2n) is 4.22. The Bertz CT molecular complexity index is 878. The Morgan fingerprint density at radius 1 is 1.45 bits per heavy atom. The topological polar surface area (TPSA) is 72.3 Å². The van der Waals surface area contributed by atoms with Gasteiger partial charge in [-0.2, -0.15) is 0 Å². The van der Waals surface area contributed by atoms with Crippen LogP contribution in [-0.4, -0.2) is 17.6 Å². The van der Waals surface area contributed by atoms with E-state index in [1.807, 2.05) is 0 Å². The average molecular weight is 336 g/mol. The number of H-pyrrole nitrogens is 1. The van der Waals surface area contributed by atoms with Gasteiger partial charge < -0.3 is 14.1 Å². The van der Waals surface area contributed by atoms with Crippen LogP contribution in [0.15, 0.2) is 38.1 Å². The highest BCUT2D eigenvalue weighted by atomic mass is 79.9. The van der Waals surface area contributed by atoms with Crippen LogP contribution >= 0.6 is 15.9 Å². The molecule has 2 heterocycles. The number of ether oxygens (including phenoxy) is 1. The van der Waals surface area contributed by atoms with Gasteiger partial charge in [0.05, 0.1) is 27.5 Å². The predicted octanol–water partition coefficient (Wildman–Crippen LogP) is 3.21. The lowest BCUT2D eigenvalue weighted by molar-refractivity contribution is 0.0526. The van der Waals surface area contributed by atoms with E-state index in [9.17, 15) is 9.59 Å². The van der Waals surface area contributed by atoms with Gasteiger partial charge in [0.1, 0.15) is 11.8 Å². The summed E-state index contributed by atoms with van der Waals surface area (Å²) in [4.78, 5) is 27.2. The first-order valence-electron chi connectivity index (χ1n) is 6.01. The van der Waals surface area contributed by atoms with Gasteiger partial charge in [0.2, 0.25) is 5.43 Å². The summed E-state index contributed by atoms with van der Waals surface area (Å²) in [5.74, 6) is -0.450. The SMILES string of the molecule is CCOC(=O)c1ccc2[nH]c3c(Br)coc3c(=O)c2c1. The molecule has 0 aliphatic carbocycles. The summed E-state index contributed by atoms with van der Waals surface area (Å²) >= 11 is 3.31. The lowest BCUT2D eigenvalue weighted by Crippen LogP contribution is -2.07. The Morgan fingerprint density at radius 2 is 2.25 bits per heavy atom. The van der Waals surface area contributed by atoms with E-state index in [0.717, 1.165) is 0 Å². The number of fused-ring (bicyclic) bond motifs is 2. The van der Waals surface area contributed by atoms with Gasteiger partial charge >= 0.3 is 5.97 Å². The maximum Gasteiger partial charge on any atom is 0.338 e. The molecule has 6 heteroatoms. The third-order valence-electron chi connectivity index (χ3n) is 2.99. The van der Waals surface area contributed by atoms with Gasteiger partial charge in [-0.05, 0) is 41.1 Å². The molecule has 0 spiro atoms. The highest BCUT2D eigenvalue weighted by Crippen LogP contribution is 2.24. The van der Waals surface area contributed by atoms with Gasteiger partial charge in [0.25, 0.3) is 0 Å². The molecule has 20 heavy (non-hydrogen) atoms. The Kier molecular flexibility index (Phi) is 3.10. The monoisotopic (exact) mass is 335 g/mol. The molecule has 102 valence electrons. The van der Waals surface area contributed by atoms with Crippen molar-refractivity contribution < 1.29 is 13.9 Å². The van der Waals surface area contributed by atoms with Crippen molar-refractivity contribution in [1.29, 1.82) is 0 Å². The molecule has 1 aromatic carbocycles. The van der Waals surface area contributed by atoms with Gasteiger partial charge in [0.15, 0.2) is 5.58 Å².